The van der Waals surface area contributed by atoms with Crippen LogP contribution in [0, 0.1) is 0 Å². The lowest BCUT2D eigenvalue weighted by Gasteiger charge is -2.36. The Kier molecular flexibility index (Phi) is 6.14. The minimum absolute atomic E-state index is 0.107. The minimum Gasteiger partial charge on any atom is -0.476 e. The number of hydrogen-bond acceptors (Lipinski definition) is 6. The first kappa shape index (κ1) is 21.8. The summed E-state index contributed by atoms with van der Waals surface area (Å²) in [6.45, 7) is 5.49. The molecule has 1 aromatic heterocycles. The molecular weight excluding hydrogens is 432 g/mol. The van der Waals surface area contributed by atoms with Gasteiger partial charge in [-0.2, -0.15) is 0 Å². The van der Waals surface area contributed by atoms with Gasteiger partial charge in [0.25, 0.3) is 5.91 Å². The molecule has 2 heterocycles. The second kappa shape index (κ2) is 9.00. The van der Waals surface area contributed by atoms with Gasteiger partial charge in [0.1, 0.15) is 5.75 Å². The largest absolute Gasteiger partial charge is 0.476 e. The van der Waals surface area contributed by atoms with Crippen LogP contribution in [-0.4, -0.2) is 45.6 Å². The van der Waals surface area contributed by atoms with Gasteiger partial charge in [-0.15, -0.1) is 10.2 Å². The van der Waals surface area contributed by atoms with Crippen LogP contribution in [0.15, 0.2) is 52.9 Å². The number of amides is 2. The van der Waals surface area contributed by atoms with Gasteiger partial charge in [0.05, 0.1) is 29.4 Å². The van der Waals surface area contributed by atoms with Gasteiger partial charge in [0, 0.05) is 13.0 Å². The quantitative estimate of drug-likeness (QED) is 0.580. The summed E-state index contributed by atoms with van der Waals surface area (Å²) in [7, 11) is 0. The Bertz CT molecular complexity index is 1150. The van der Waals surface area contributed by atoms with Crippen molar-refractivity contribution in [2.75, 3.05) is 11.4 Å². The highest BCUT2D eigenvalue weighted by molar-refractivity contribution is 6.33. The maximum absolute atomic E-state index is 13.4. The average Bonchev–Trinajstić information content (AvgIpc) is 3.24. The molecule has 1 aliphatic heterocycles. The molecule has 0 aliphatic carbocycles. The number of carbonyl (C=O) groups excluding carboxylic acids is 2. The summed E-state index contributed by atoms with van der Waals surface area (Å²) in [4.78, 5) is 28.8. The number of hydrogen-bond donors (Lipinski definition) is 0. The van der Waals surface area contributed by atoms with Gasteiger partial charge in [-0.1, -0.05) is 35.9 Å². The number of fused-ring (bicyclic) bond motifs is 1. The fourth-order valence-corrected chi connectivity index (χ4v) is 3.78. The van der Waals surface area contributed by atoms with E-state index in [1.54, 1.807) is 40.1 Å². The normalized spacial score (nSPS) is 15.3. The van der Waals surface area contributed by atoms with Crippen LogP contribution >= 0.6 is 11.6 Å². The zero-order chi connectivity index (χ0) is 22.8. The summed E-state index contributed by atoms with van der Waals surface area (Å²) in [5, 5.41) is 8.66. The number of nitrogens with zero attached hydrogens (tertiary/aromatic N) is 4. The number of para-hydroxylation sites is 2. The van der Waals surface area contributed by atoms with Crippen LogP contribution in [0.25, 0.3) is 11.5 Å². The Balaban J connectivity index is 1.55. The molecule has 0 fully saturated rings. The first-order chi connectivity index (χ1) is 15.3. The standard InChI is InChI=1S/C23H23ClN4O4/c1-14(2)27(13-21-25-26-22(32-21)16-8-4-5-9-17(16)24)23(30)20-12-28(15(3)29)18-10-6-7-11-19(18)31-20/h4-11,14,20H,12-13H2,1-3H3/t20-/m0/s1. The zero-order valence-corrected chi connectivity index (χ0v) is 18.7. The van der Waals surface area contributed by atoms with E-state index < -0.39 is 6.10 Å². The van der Waals surface area contributed by atoms with Crippen molar-refractivity contribution in [3.63, 3.8) is 0 Å². The van der Waals surface area contributed by atoms with Crippen LogP contribution in [0.4, 0.5) is 5.69 Å². The van der Waals surface area contributed by atoms with Crippen LogP contribution in [0.3, 0.4) is 0 Å². The predicted molar refractivity (Wildman–Crippen MR) is 119 cm³/mol. The highest BCUT2D eigenvalue weighted by atomic mass is 35.5. The highest BCUT2D eigenvalue weighted by Crippen LogP contribution is 2.34. The average molecular weight is 455 g/mol. The van der Waals surface area contributed by atoms with Crippen molar-refractivity contribution in [1.82, 2.24) is 15.1 Å². The van der Waals surface area contributed by atoms with Crippen LogP contribution < -0.4 is 9.64 Å². The summed E-state index contributed by atoms with van der Waals surface area (Å²) in [6.07, 6.45) is -0.845. The van der Waals surface area contributed by atoms with E-state index in [1.807, 2.05) is 32.0 Å². The molecule has 2 aromatic carbocycles. The van der Waals surface area contributed by atoms with E-state index in [2.05, 4.69) is 10.2 Å². The fourth-order valence-electron chi connectivity index (χ4n) is 3.57. The molecule has 9 heteroatoms. The van der Waals surface area contributed by atoms with Gasteiger partial charge in [0.2, 0.25) is 17.7 Å². The number of ether oxygens (including phenoxy) is 1. The maximum Gasteiger partial charge on any atom is 0.266 e. The monoisotopic (exact) mass is 454 g/mol. The molecule has 0 radical (unpaired) electrons. The smallest absolute Gasteiger partial charge is 0.266 e. The number of halogens is 1. The molecular formula is C23H23ClN4O4. The third kappa shape index (κ3) is 4.31. The summed E-state index contributed by atoms with van der Waals surface area (Å²) < 4.78 is 11.7. The van der Waals surface area contributed by atoms with E-state index in [-0.39, 0.29) is 42.7 Å². The van der Waals surface area contributed by atoms with Gasteiger partial charge in [-0.05, 0) is 38.1 Å². The van der Waals surface area contributed by atoms with Gasteiger partial charge >= 0.3 is 0 Å². The number of aromatic nitrogens is 2. The van der Waals surface area contributed by atoms with E-state index in [1.165, 1.54) is 6.92 Å². The molecule has 4 rings (SSSR count). The molecule has 3 aromatic rings. The van der Waals surface area contributed by atoms with Gasteiger partial charge in [-0.25, -0.2) is 0 Å². The van der Waals surface area contributed by atoms with Crippen LogP contribution in [0.2, 0.25) is 5.02 Å². The first-order valence-electron chi connectivity index (χ1n) is 10.3. The first-order valence-corrected chi connectivity index (χ1v) is 10.6. The lowest BCUT2D eigenvalue weighted by molar-refractivity contribution is -0.141. The summed E-state index contributed by atoms with van der Waals surface area (Å²) in [5.41, 5.74) is 1.28. The second-order valence-corrected chi connectivity index (χ2v) is 8.15. The van der Waals surface area contributed by atoms with Crippen molar-refractivity contribution in [2.24, 2.45) is 0 Å². The van der Waals surface area contributed by atoms with Crippen molar-refractivity contribution in [2.45, 2.75) is 39.5 Å². The van der Waals surface area contributed by atoms with Crippen LogP contribution in [-0.2, 0) is 16.1 Å². The Morgan fingerprint density at radius 2 is 1.88 bits per heavy atom. The van der Waals surface area contributed by atoms with E-state index in [0.717, 1.165) is 0 Å². The Hall–Kier alpha value is -3.39. The number of benzene rings is 2. The third-order valence-corrected chi connectivity index (χ3v) is 5.54. The fraction of sp³-hybridized carbons (Fsp3) is 0.304. The number of rotatable bonds is 5. The minimum atomic E-state index is -0.845. The van der Waals surface area contributed by atoms with E-state index in [4.69, 9.17) is 20.8 Å². The molecule has 32 heavy (non-hydrogen) atoms. The topological polar surface area (TPSA) is 88.8 Å². The van der Waals surface area contributed by atoms with Crippen LogP contribution in [0.5, 0.6) is 5.75 Å². The molecule has 0 spiro atoms. The molecule has 0 N–H and O–H groups in total. The van der Waals surface area contributed by atoms with Crippen molar-refractivity contribution in [1.29, 1.82) is 0 Å². The van der Waals surface area contributed by atoms with Crippen molar-refractivity contribution >= 4 is 29.1 Å². The van der Waals surface area contributed by atoms with Gasteiger partial charge in [-0.3, -0.25) is 9.59 Å². The molecule has 1 atom stereocenters. The molecule has 2 amide bonds. The van der Waals surface area contributed by atoms with Gasteiger partial charge < -0.3 is 19.0 Å². The Morgan fingerprint density at radius 1 is 1.16 bits per heavy atom. The van der Waals surface area contributed by atoms with E-state index in [9.17, 15) is 9.59 Å². The lowest BCUT2D eigenvalue weighted by Crippen LogP contribution is -2.52. The lowest BCUT2D eigenvalue weighted by atomic mass is 10.1. The van der Waals surface area contributed by atoms with Crippen molar-refractivity contribution < 1.29 is 18.7 Å². The van der Waals surface area contributed by atoms with Crippen molar-refractivity contribution in [3.05, 3.63) is 59.4 Å². The second-order valence-electron chi connectivity index (χ2n) is 7.74. The Morgan fingerprint density at radius 3 is 2.59 bits per heavy atom. The summed E-state index contributed by atoms with van der Waals surface area (Å²) in [6, 6.07) is 14.2. The Labute approximate surface area is 190 Å². The maximum atomic E-state index is 13.4. The molecule has 8 nitrogen and oxygen atoms in total. The molecule has 0 saturated carbocycles. The van der Waals surface area contributed by atoms with Crippen molar-refractivity contribution in [3.8, 4) is 17.2 Å². The number of anilines is 1. The van der Waals surface area contributed by atoms with Gasteiger partial charge in [0.15, 0.2) is 6.10 Å². The third-order valence-electron chi connectivity index (χ3n) is 5.21. The SMILES string of the molecule is CC(=O)N1C[C@@H](C(=O)N(Cc2nnc(-c3ccccc3Cl)o2)C(C)C)Oc2ccccc21. The van der Waals surface area contributed by atoms with E-state index >= 15 is 0 Å². The van der Waals surface area contributed by atoms with E-state index in [0.29, 0.717) is 22.0 Å². The van der Waals surface area contributed by atoms with Crippen LogP contribution in [0.1, 0.15) is 26.7 Å². The number of carbonyl (C=O) groups is 2. The predicted octanol–water partition coefficient (Wildman–Crippen LogP) is 3.94. The summed E-state index contributed by atoms with van der Waals surface area (Å²) >= 11 is 6.22. The molecule has 0 bridgehead atoms. The molecule has 166 valence electrons. The highest BCUT2D eigenvalue weighted by Gasteiger charge is 2.36. The molecule has 1 aliphatic rings. The zero-order valence-electron chi connectivity index (χ0n) is 18.0. The molecule has 0 saturated heterocycles. The molecule has 0 unspecified atom stereocenters. The summed E-state index contributed by atoms with van der Waals surface area (Å²) in [5.74, 6) is 0.637.